The number of nitrogens with zero attached hydrogens (tertiary/aromatic N) is 1. The van der Waals surface area contributed by atoms with Gasteiger partial charge in [0.1, 0.15) is 6.04 Å². The van der Waals surface area contributed by atoms with Gasteiger partial charge in [0.25, 0.3) is 0 Å². The summed E-state index contributed by atoms with van der Waals surface area (Å²) in [4.78, 5) is 26.3. The largest absolute Gasteiger partial charge is 0.416 e. The zero-order valence-electron chi connectivity index (χ0n) is 13.9. The molecule has 1 aromatic carbocycles. The number of hydrogen-bond donors (Lipinski definition) is 1. The summed E-state index contributed by atoms with van der Waals surface area (Å²) in [6.45, 7) is 5.67. The molecule has 0 aliphatic carbocycles. The first kappa shape index (κ1) is 18.3. The lowest BCUT2D eigenvalue weighted by atomic mass is 9.82. The Morgan fingerprint density at radius 3 is 2.50 bits per heavy atom. The Balaban J connectivity index is 2.35. The Hall–Kier alpha value is -2.05. The van der Waals surface area contributed by atoms with Crippen LogP contribution in [0.5, 0.6) is 0 Å². The van der Waals surface area contributed by atoms with Crippen LogP contribution in [-0.2, 0) is 21.2 Å². The topological polar surface area (TPSA) is 49.4 Å². The van der Waals surface area contributed by atoms with E-state index in [1.165, 1.54) is 17.0 Å². The third-order valence-electron chi connectivity index (χ3n) is 4.43. The van der Waals surface area contributed by atoms with E-state index >= 15 is 0 Å². The smallest absolute Gasteiger partial charge is 0.354 e. The number of carbonyl (C=O) groups excluding carboxylic acids is 2. The maximum atomic E-state index is 13.0. The van der Waals surface area contributed by atoms with Gasteiger partial charge in [-0.15, -0.1) is 0 Å². The molecular formula is C17H21F3N2O2. The van der Waals surface area contributed by atoms with Crippen LogP contribution in [0.4, 0.5) is 13.2 Å². The van der Waals surface area contributed by atoms with E-state index in [2.05, 4.69) is 5.32 Å². The maximum absolute atomic E-state index is 13.0. The van der Waals surface area contributed by atoms with Crippen molar-refractivity contribution in [3.05, 3.63) is 35.4 Å². The van der Waals surface area contributed by atoms with Crippen LogP contribution in [0.2, 0.25) is 0 Å². The van der Waals surface area contributed by atoms with Crippen molar-refractivity contribution in [1.29, 1.82) is 0 Å². The molecule has 1 aliphatic heterocycles. The summed E-state index contributed by atoms with van der Waals surface area (Å²) in [7, 11) is 0. The van der Waals surface area contributed by atoms with E-state index in [9.17, 15) is 22.8 Å². The Morgan fingerprint density at radius 2 is 1.88 bits per heavy atom. The van der Waals surface area contributed by atoms with Crippen molar-refractivity contribution in [1.82, 2.24) is 10.2 Å². The molecule has 7 heteroatoms. The first-order chi connectivity index (χ1) is 11.0. The van der Waals surface area contributed by atoms with Gasteiger partial charge >= 0.3 is 6.18 Å². The van der Waals surface area contributed by atoms with Crippen molar-refractivity contribution in [2.75, 3.05) is 13.1 Å². The highest BCUT2D eigenvalue weighted by Gasteiger charge is 2.39. The number of nitrogens with one attached hydrogen (secondary N) is 1. The third-order valence-corrected chi connectivity index (χ3v) is 4.43. The Labute approximate surface area is 139 Å². The Bertz CT molecular complexity index is 641. The van der Waals surface area contributed by atoms with Crippen molar-refractivity contribution < 1.29 is 22.8 Å². The summed E-state index contributed by atoms with van der Waals surface area (Å²) in [5.74, 6) is -0.605. The van der Waals surface area contributed by atoms with Crippen LogP contribution in [0.25, 0.3) is 0 Å². The van der Waals surface area contributed by atoms with E-state index in [4.69, 9.17) is 0 Å². The lowest BCUT2D eigenvalue weighted by Gasteiger charge is -2.34. The summed E-state index contributed by atoms with van der Waals surface area (Å²) in [5.41, 5.74) is -1.68. The second-order valence-corrected chi connectivity index (χ2v) is 6.52. The van der Waals surface area contributed by atoms with Crippen LogP contribution in [0.3, 0.4) is 0 Å². The van der Waals surface area contributed by atoms with Gasteiger partial charge in [0, 0.05) is 13.1 Å². The minimum absolute atomic E-state index is 0.249. The normalized spacial score (nSPS) is 19.7. The van der Waals surface area contributed by atoms with E-state index in [0.717, 1.165) is 12.1 Å². The summed E-state index contributed by atoms with van der Waals surface area (Å²) in [6.07, 6.45) is -3.86. The van der Waals surface area contributed by atoms with Gasteiger partial charge < -0.3 is 10.2 Å². The van der Waals surface area contributed by atoms with E-state index in [0.29, 0.717) is 19.5 Å². The SMILES string of the molecule is C[C@@H]1C(=O)NCCCN1C(=O)C(C)(C)c1cccc(C(F)(F)F)c1. The molecule has 24 heavy (non-hydrogen) atoms. The number of rotatable bonds is 2. The molecule has 4 nitrogen and oxygen atoms in total. The predicted octanol–water partition coefficient (Wildman–Crippen LogP) is 2.72. The van der Waals surface area contributed by atoms with Crippen molar-refractivity contribution >= 4 is 11.8 Å². The molecule has 0 bridgehead atoms. The fourth-order valence-corrected chi connectivity index (χ4v) is 2.79. The summed E-state index contributed by atoms with van der Waals surface area (Å²) >= 11 is 0. The Morgan fingerprint density at radius 1 is 1.25 bits per heavy atom. The van der Waals surface area contributed by atoms with Crippen molar-refractivity contribution in [3.63, 3.8) is 0 Å². The molecule has 2 rings (SSSR count). The number of carbonyl (C=O) groups is 2. The molecule has 2 amide bonds. The number of benzene rings is 1. The number of halogens is 3. The molecular weight excluding hydrogens is 321 g/mol. The molecule has 1 aromatic rings. The molecule has 0 aromatic heterocycles. The van der Waals surface area contributed by atoms with Gasteiger partial charge in [0.2, 0.25) is 11.8 Å². The van der Waals surface area contributed by atoms with Gasteiger partial charge in [0.15, 0.2) is 0 Å². The minimum Gasteiger partial charge on any atom is -0.354 e. The van der Waals surface area contributed by atoms with E-state index < -0.39 is 23.2 Å². The van der Waals surface area contributed by atoms with Crippen LogP contribution in [0.15, 0.2) is 24.3 Å². The van der Waals surface area contributed by atoms with Gasteiger partial charge in [-0.25, -0.2) is 0 Å². The second kappa shape index (κ2) is 6.45. The second-order valence-electron chi connectivity index (χ2n) is 6.52. The van der Waals surface area contributed by atoms with Crippen LogP contribution < -0.4 is 5.32 Å². The highest BCUT2D eigenvalue weighted by molar-refractivity contribution is 5.92. The van der Waals surface area contributed by atoms with E-state index in [1.807, 2.05) is 0 Å². The molecule has 1 fully saturated rings. The van der Waals surface area contributed by atoms with Crippen molar-refractivity contribution in [3.8, 4) is 0 Å². The quantitative estimate of drug-likeness (QED) is 0.898. The molecule has 0 unspecified atom stereocenters. The van der Waals surface area contributed by atoms with Gasteiger partial charge in [0.05, 0.1) is 11.0 Å². The molecule has 132 valence electrons. The fourth-order valence-electron chi connectivity index (χ4n) is 2.79. The summed E-state index contributed by atoms with van der Waals surface area (Å²) < 4.78 is 38.8. The zero-order valence-corrected chi connectivity index (χ0v) is 13.9. The summed E-state index contributed by atoms with van der Waals surface area (Å²) in [5, 5.41) is 2.72. The fraction of sp³-hybridized carbons (Fsp3) is 0.529. The maximum Gasteiger partial charge on any atom is 0.416 e. The van der Waals surface area contributed by atoms with E-state index in [-0.39, 0.29) is 17.4 Å². The van der Waals surface area contributed by atoms with E-state index in [1.54, 1.807) is 20.8 Å². The number of amides is 2. The zero-order chi connectivity index (χ0) is 18.1. The molecule has 1 N–H and O–H groups in total. The van der Waals surface area contributed by atoms with Crippen LogP contribution in [0.1, 0.15) is 38.3 Å². The third kappa shape index (κ3) is 3.55. The number of alkyl halides is 3. The van der Waals surface area contributed by atoms with Gasteiger partial charge in [-0.05, 0) is 38.8 Å². The number of hydrogen-bond acceptors (Lipinski definition) is 2. The average molecular weight is 342 g/mol. The van der Waals surface area contributed by atoms with Gasteiger partial charge in [-0.2, -0.15) is 13.2 Å². The lowest BCUT2D eigenvalue weighted by Crippen LogP contribution is -2.51. The van der Waals surface area contributed by atoms with Gasteiger partial charge in [-0.3, -0.25) is 9.59 Å². The first-order valence-electron chi connectivity index (χ1n) is 7.81. The van der Waals surface area contributed by atoms with Crippen molar-refractivity contribution in [2.24, 2.45) is 0 Å². The highest BCUT2D eigenvalue weighted by Crippen LogP contribution is 2.34. The van der Waals surface area contributed by atoms with Crippen molar-refractivity contribution in [2.45, 2.75) is 44.8 Å². The molecule has 0 spiro atoms. The van der Waals surface area contributed by atoms with Crippen LogP contribution in [0, 0.1) is 0 Å². The predicted molar refractivity (Wildman–Crippen MR) is 83.3 cm³/mol. The standard InChI is InChI=1S/C17H21F3N2O2/c1-11-14(23)21-8-5-9-22(11)15(24)16(2,3)12-6-4-7-13(10-12)17(18,19)20/h4,6-7,10-11H,5,8-9H2,1-3H3,(H,21,23)/t11-/m1/s1. The molecule has 0 radical (unpaired) electrons. The van der Waals surface area contributed by atoms with Crippen LogP contribution >= 0.6 is 0 Å². The first-order valence-corrected chi connectivity index (χ1v) is 7.81. The monoisotopic (exact) mass is 342 g/mol. The summed E-state index contributed by atoms with van der Waals surface area (Å²) in [6, 6.07) is 4.14. The van der Waals surface area contributed by atoms with Crippen LogP contribution in [-0.4, -0.2) is 35.8 Å². The Kier molecular flexibility index (Phi) is 4.92. The average Bonchev–Trinajstić information content (AvgIpc) is 2.68. The van der Waals surface area contributed by atoms with Gasteiger partial charge in [-0.1, -0.05) is 18.2 Å². The molecule has 1 saturated heterocycles. The highest BCUT2D eigenvalue weighted by atomic mass is 19.4. The molecule has 1 aliphatic rings. The minimum atomic E-state index is -4.47. The lowest BCUT2D eigenvalue weighted by molar-refractivity contribution is -0.143. The molecule has 0 saturated carbocycles. The molecule has 1 atom stereocenters. The molecule has 1 heterocycles.